The van der Waals surface area contributed by atoms with Gasteiger partial charge in [-0.25, -0.2) is 4.98 Å². The normalized spacial score (nSPS) is 15.1. The molecule has 134 valence electrons. The predicted octanol–water partition coefficient (Wildman–Crippen LogP) is 3.78. The minimum Gasteiger partial charge on any atom is -0.493 e. The van der Waals surface area contributed by atoms with Crippen LogP contribution in [0.15, 0.2) is 24.3 Å². The smallest absolute Gasteiger partial charge is 0.227 e. The molecular formula is C19H26N4O2. The van der Waals surface area contributed by atoms with Crippen molar-refractivity contribution >= 4 is 17.5 Å². The maximum atomic E-state index is 5.36. The number of rotatable bonds is 5. The van der Waals surface area contributed by atoms with Gasteiger partial charge in [-0.05, 0) is 37.8 Å². The number of hydrogen-bond acceptors (Lipinski definition) is 6. The summed E-state index contributed by atoms with van der Waals surface area (Å²) in [5.41, 5.74) is 1.85. The highest BCUT2D eigenvalue weighted by atomic mass is 16.5. The zero-order valence-corrected chi connectivity index (χ0v) is 15.4. The molecule has 0 spiro atoms. The first-order chi connectivity index (χ1) is 12.1. The molecule has 0 aliphatic carbocycles. The van der Waals surface area contributed by atoms with E-state index in [1.165, 1.54) is 12.8 Å². The van der Waals surface area contributed by atoms with Crippen LogP contribution in [0.1, 0.15) is 25.5 Å². The standard InChI is InChI=1S/C19H26N4O2/c1-13-7-9-23(10-8-13)19-20-14(2)11-18(22-19)21-15-5-6-16(24-3)17(12-15)25-4/h5-6,11-13H,7-10H2,1-4H3,(H,20,21,22). The Labute approximate surface area is 149 Å². The SMILES string of the molecule is COc1ccc(Nc2cc(C)nc(N3CCC(C)CC3)n2)cc1OC. The van der Waals surface area contributed by atoms with Crippen molar-refractivity contribution < 1.29 is 9.47 Å². The number of aryl methyl sites for hydroxylation is 1. The Morgan fingerprint density at radius 1 is 1.04 bits per heavy atom. The summed E-state index contributed by atoms with van der Waals surface area (Å²) in [4.78, 5) is 11.6. The van der Waals surface area contributed by atoms with Crippen LogP contribution in [0.5, 0.6) is 11.5 Å². The van der Waals surface area contributed by atoms with Gasteiger partial charge in [0.15, 0.2) is 11.5 Å². The molecule has 0 bridgehead atoms. The second kappa shape index (κ2) is 7.59. The summed E-state index contributed by atoms with van der Waals surface area (Å²) in [5.74, 6) is 3.76. The van der Waals surface area contributed by atoms with Crippen molar-refractivity contribution in [2.75, 3.05) is 37.5 Å². The lowest BCUT2D eigenvalue weighted by Crippen LogP contribution is -2.34. The van der Waals surface area contributed by atoms with Gasteiger partial charge >= 0.3 is 0 Å². The Morgan fingerprint density at radius 2 is 1.76 bits per heavy atom. The molecule has 25 heavy (non-hydrogen) atoms. The minimum absolute atomic E-state index is 0.684. The number of anilines is 3. The van der Waals surface area contributed by atoms with Crippen LogP contribution in [0.25, 0.3) is 0 Å². The number of methoxy groups -OCH3 is 2. The summed E-state index contributed by atoms with van der Waals surface area (Å²) in [6, 6.07) is 7.68. The highest BCUT2D eigenvalue weighted by Gasteiger charge is 2.18. The van der Waals surface area contributed by atoms with Gasteiger partial charge in [-0.3, -0.25) is 0 Å². The van der Waals surface area contributed by atoms with Crippen LogP contribution in [0.4, 0.5) is 17.5 Å². The molecule has 0 atom stereocenters. The van der Waals surface area contributed by atoms with Crippen LogP contribution in [0, 0.1) is 12.8 Å². The number of ether oxygens (including phenoxy) is 2. The Hall–Kier alpha value is -2.50. The van der Waals surface area contributed by atoms with Gasteiger partial charge in [-0.2, -0.15) is 4.98 Å². The van der Waals surface area contributed by atoms with E-state index in [2.05, 4.69) is 22.1 Å². The van der Waals surface area contributed by atoms with Crippen molar-refractivity contribution in [2.45, 2.75) is 26.7 Å². The van der Waals surface area contributed by atoms with Crippen molar-refractivity contribution in [1.29, 1.82) is 0 Å². The second-order valence-corrected chi connectivity index (χ2v) is 6.56. The number of benzene rings is 1. The Morgan fingerprint density at radius 3 is 2.44 bits per heavy atom. The van der Waals surface area contributed by atoms with Gasteiger partial charge in [0.05, 0.1) is 14.2 Å². The van der Waals surface area contributed by atoms with E-state index in [9.17, 15) is 0 Å². The largest absolute Gasteiger partial charge is 0.493 e. The third-order valence-corrected chi connectivity index (χ3v) is 4.56. The lowest BCUT2D eigenvalue weighted by molar-refractivity contribution is 0.355. The van der Waals surface area contributed by atoms with E-state index in [-0.39, 0.29) is 0 Å². The van der Waals surface area contributed by atoms with Gasteiger partial charge < -0.3 is 19.7 Å². The first-order valence-electron chi connectivity index (χ1n) is 8.68. The molecule has 2 heterocycles. The monoisotopic (exact) mass is 342 g/mol. The molecule has 3 rings (SSSR count). The average Bonchev–Trinajstić information content (AvgIpc) is 2.61. The first-order valence-corrected chi connectivity index (χ1v) is 8.68. The molecule has 1 saturated heterocycles. The molecule has 2 aromatic rings. The van der Waals surface area contributed by atoms with E-state index >= 15 is 0 Å². The van der Waals surface area contributed by atoms with Crippen LogP contribution < -0.4 is 19.7 Å². The van der Waals surface area contributed by atoms with Gasteiger partial charge in [0.25, 0.3) is 0 Å². The molecule has 0 unspecified atom stereocenters. The minimum atomic E-state index is 0.684. The van der Waals surface area contributed by atoms with Crippen LogP contribution in [-0.2, 0) is 0 Å². The zero-order valence-electron chi connectivity index (χ0n) is 15.4. The molecule has 1 aromatic carbocycles. The van der Waals surface area contributed by atoms with Crippen LogP contribution in [-0.4, -0.2) is 37.3 Å². The zero-order chi connectivity index (χ0) is 17.8. The molecule has 1 aliphatic rings. The number of hydrogen-bond donors (Lipinski definition) is 1. The lowest BCUT2D eigenvalue weighted by atomic mass is 10.00. The van der Waals surface area contributed by atoms with Crippen molar-refractivity contribution in [3.63, 3.8) is 0 Å². The first kappa shape index (κ1) is 17.3. The van der Waals surface area contributed by atoms with Crippen molar-refractivity contribution in [2.24, 2.45) is 5.92 Å². The van der Waals surface area contributed by atoms with Crippen molar-refractivity contribution in [1.82, 2.24) is 9.97 Å². The van der Waals surface area contributed by atoms with Gasteiger partial charge in [0, 0.05) is 36.6 Å². The molecule has 0 amide bonds. The molecular weight excluding hydrogens is 316 g/mol. The Balaban J connectivity index is 1.81. The van der Waals surface area contributed by atoms with Gasteiger partial charge in [-0.15, -0.1) is 0 Å². The second-order valence-electron chi connectivity index (χ2n) is 6.56. The van der Waals surface area contributed by atoms with Crippen LogP contribution >= 0.6 is 0 Å². The molecule has 1 aromatic heterocycles. The number of nitrogens with zero attached hydrogens (tertiary/aromatic N) is 3. The van der Waals surface area contributed by atoms with Crippen molar-refractivity contribution in [3.05, 3.63) is 30.0 Å². The topological polar surface area (TPSA) is 59.5 Å². The van der Waals surface area contributed by atoms with Gasteiger partial charge in [-0.1, -0.05) is 6.92 Å². The van der Waals surface area contributed by atoms with E-state index < -0.39 is 0 Å². The Kier molecular flexibility index (Phi) is 5.26. The highest BCUT2D eigenvalue weighted by Crippen LogP contribution is 2.31. The van der Waals surface area contributed by atoms with E-state index in [1.54, 1.807) is 14.2 Å². The van der Waals surface area contributed by atoms with E-state index in [0.717, 1.165) is 42.2 Å². The average molecular weight is 342 g/mol. The molecule has 0 radical (unpaired) electrons. The Bertz CT molecular complexity index is 727. The predicted molar refractivity (Wildman–Crippen MR) is 100 cm³/mol. The van der Waals surface area contributed by atoms with E-state index in [1.807, 2.05) is 31.2 Å². The van der Waals surface area contributed by atoms with Gasteiger partial charge in [0.2, 0.25) is 5.95 Å². The summed E-state index contributed by atoms with van der Waals surface area (Å²) in [6.07, 6.45) is 2.38. The summed E-state index contributed by atoms with van der Waals surface area (Å²) < 4.78 is 10.6. The number of nitrogens with one attached hydrogen (secondary N) is 1. The molecule has 6 nitrogen and oxygen atoms in total. The molecule has 1 N–H and O–H groups in total. The summed E-state index contributed by atoms with van der Waals surface area (Å²) >= 11 is 0. The fourth-order valence-electron chi connectivity index (χ4n) is 3.03. The molecule has 1 aliphatic heterocycles. The quantitative estimate of drug-likeness (QED) is 0.892. The third-order valence-electron chi connectivity index (χ3n) is 4.56. The number of piperidine rings is 1. The molecule has 1 fully saturated rings. The van der Waals surface area contributed by atoms with Crippen LogP contribution in [0.3, 0.4) is 0 Å². The molecule has 0 saturated carbocycles. The number of aromatic nitrogens is 2. The maximum Gasteiger partial charge on any atom is 0.227 e. The van der Waals surface area contributed by atoms with E-state index in [4.69, 9.17) is 14.5 Å². The maximum absolute atomic E-state index is 5.36. The van der Waals surface area contributed by atoms with E-state index in [0.29, 0.717) is 11.5 Å². The summed E-state index contributed by atoms with van der Waals surface area (Å²) in [7, 11) is 3.26. The third kappa shape index (κ3) is 4.13. The lowest BCUT2D eigenvalue weighted by Gasteiger charge is -2.30. The highest BCUT2D eigenvalue weighted by molar-refractivity contribution is 5.62. The molecule has 6 heteroatoms. The summed E-state index contributed by atoms with van der Waals surface area (Å²) in [5, 5.41) is 3.35. The fraction of sp³-hybridized carbons (Fsp3) is 0.474. The van der Waals surface area contributed by atoms with Crippen LogP contribution in [0.2, 0.25) is 0 Å². The summed E-state index contributed by atoms with van der Waals surface area (Å²) in [6.45, 7) is 6.33. The van der Waals surface area contributed by atoms with Gasteiger partial charge in [0.1, 0.15) is 5.82 Å². The fourth-order valence-corrected chi connectivity index (χ4v) is 3.03. The van der Waals surface area contributed by atoms with Crippen molar-refractivity contribution in [3.8, 4) is 11.5 Å².